The molecule has 20 heavy (non-hydrogen) atoms. The van der Waals surface area contributed by atoms with Crippen LogP contribution in [0, 0.1) is 12.1 Å². The van der Waals surface area contributed by atoms with Crippen LogP contribution in [-0.2, 0) is 11.3 Å². The van der Waals surface area contributed by atoms with Crippen molar-refractivity contribution in [2.24, 2.45) is 0 Å². The smallest absolute Gasteiger partial charge is 0.251 e. The van der Waals surface area contributed by atoms with Crippen LogP contribution in [0.4, 0.5) is 0 Å². The Bertz CT molecular complexity index is 598. The number of pyridine rings is 1. The predicted molar refractivity (Wildman–Crippen MR) is 76.0 cm³/mol. The topological polar surface area (TPSA) is 60.4 Å². The molecule has 6 heteroatoms. The SMILES string of the molecule is Cc1ccc(CN(C)C(=O)CSc2cccc[n+]2[O-])o1. The van der Waals surface area contributed by atoms with Gasteiger partial charge in [-0.15, -0.1) is 0 Å². The average molecular weight is 292 g/mol. The number of nitrogens with zero attached hydrogens (tertiary/aromatic N) is 2. The highest BCUT2D eigenvalue weighted by molar-refractivity contribution is 7.99. The molecule has 0 aliphatic carbocycles. The second-order valence-corrected chi connectivity index (χ2v) is 5.41. The first-order valence-electron chi connectivity index (χ1n) is 6.16. The van der Waals surface area contributed by atoms with E-state index in [0.29, 0.717) is 11.6 Å². The molecule has 0 radical (unpaired) electrons. The molecular formula is C14H16N2O3S. The first-order chi connectivity index (χ1) is 9.56. The van der Waals surface area contributed by atoms with E-state index in [1.165, 1.54) is 18.0 Å². The van der Waals surface area contributed by atoms with Crippen molar-refractivity contribution in [2.45, 2.75) is 18.5 Å². The molecule has 0 spiro atoms. The summed E-state index contributed by atoms with van der Waals surface area (Å²) < 4.78 is 6.19. The minimum Gasteiger partial charge on any atom is -0.618 e. The number of amides is 1. The quantitative estimate of drug-likeness (QED) is 0.480. The minimum absolute atomic E-state index is 0.0482. The molecule has 1 amide bonds. The van der Waals surface area contributed by atoms with Crippen molar-refractivity contribution in [1.82, 2.24) is 4.90 Å². The molecule has 0 aliphatic heterocycles. The van der Waals surface area contributed by atoms with E-state index in [1.54, 1.807) is 30.1 Å². The monoisotopic (exact) mass is 292 g/mol. The van der Waals surface area contributed by atoms with Crippen molar-refractivity contribution in [3.8, 4) is 0 Å². The molecule has 0 unspecified atom stereocenters. The summed E-state index contributed by atoms with van der Waals surface area (Å²) in [7, 11) is 1.72. The summed E-state index contributed by atoms with van der Waals surface area (Å²) in [6.45, 7) is 2.29. The van der Waals surface area contributed by atoms with E-state index in [1.807, 2.05) is 19.1 Å². The Morgan fingerprint density at radius 3 is 2.85 bits per heavy atom. The number of aromatic nitrogens is 1. The lowest BCUT2D eigenvalue weighted by atomic mass is 10.4. The molecule has 0 saturated carbocycles. The first kappa shape index (κ1) is 14.5. The molecular weight excluding hydrogens is 276 g/mol. The Morgan fingerprint density at radius 1 is 1.40 bits per heavy atom. The maximum Gasteiger partial charge on any atom is 0.251 e. The van der Waals surface area contributed by atoms with E-state index >= 15 is 0 Å². The Hall–Kier alpha value is -1.95. The van der Waals surface area contributed by atoms with Gasteiger partial charge in [-0.1, -0.05) is 0 Å². The molecule has 0 fully saturated rings. The fourth-order valence-corrected chi connectivity index (χ4v) is 2.52. The predicted octanol–water partition coefficient (Wildman–Crippen LogP) is 1.97. The van der Waals surface area contributed by atoms with E-state index in [-0.39, 0.29) is 11.7 Å². The van der Waals surface area contributed by atoms with Gasteiger partial charge in [0.2, 0.25) is 5.91 Å². The number of furan rings is 1. The Kier molecular flexibility index (Phi) is 4.68. The zero-order valence-corrected chi connectivity index (χ0v) is 12.2. The van der Waals surface area contributed by atoms with Crippen LogP contribution < -0.4 is 4.73 Å². The highest BCUT2D eigenvalue weighted by Gasteiger charge is 2.14. The zero-order chi connectivity index (χ0) is 14.5. The van der Waals surface area contributed by atoms with Gasteiger partial charge in [0, 0.05) is 19.2 Å². The molecule has 2 aromatic heterocycles. The maximum absolute atomic E-state index is 12.0. The van der Waals surface area contributed by atoms with Crippen LogP contribution in [0.2, 0.25) is 0 Å². The number of carbonyl (C=O) groups excluding carboxylic acids is 1. The fraction of sp³-hybridized carbons (Fsp3) is 0.286. The number of rotatable bonds is 5. The van der Waals surface area contributed by atoms with Crippen molar-refractivity contribution in [3.63, 3.8) is 0 Å². The molecule has 0 N–H and O–H groups in total. The van der Waals surface area contributed by atoms with Crippen LogP contribution in [0.1, 0.15) is 11.5 Å². The Morgan fingerprint density at radius 2 is 2.20 bits per heavy atom. The molecule has 2 rings (SSSR count). The van der Waals surface area contributed by atoms with Gasteiger partial charge in [-0.05, 0) is 36.9 Å². The van der Waals surface area contributed by atoms with Gasteiger partial charge < -0.3 is 14.5 Å². The molecule has 0 atom stereocenters. The molecule has 0 aliphatic rings. The number of hydrogen-bond donors (Lipinski definition) is 0. The fourth-order valence-electron chi connectivity index (χ4n) is 1.66. The summed E-state index contributed by atoms with van der Waals surface area (Å²) in [5.41, 5.74) is 0. The van der Waals surface area contributed by atoms with Crippen molar-refractivity contribution in [1.29, 1.82) is 0 Å². The maximum atomic E-state index is 12.0. The van der Waals surface area contributed by atoms with E-state index in [0.717, 1.165) is 16.3 Å². The summed E-state index contributed by atoms with van der Waals surface area (Å²) in [4.78, 5) is 13.6. The van der Waals surface area contributed by atoms with E-state index in [2.05, 4.69) is 0 Å². The largest absolute Gasteiger partial charge is 0.618 e. The molecule has 0 aromatic carbocycles. The van der Waals surface area contributed by atoms with Crippen LogP contribution in [-0.4, -0.2) is 23.6 Å². The molecule has 0 bridgehead atoms. The van der Waals surface area contributed by atoms with Gasteiger partial charge in [-0.25, -0.2) is 0 Å². The van der Waals surface area contributed by atoms with Crippen LogP contribution >= 0.6 is 11.8 Å². The van der Waals surface area contributed by atoms with E-state index in [4.69, 9.17) is 4.42 Å². The number of hydrogen-bond acceptors (Lipinski definition) is 4. The Balaban J connectivity index is 1.87. The van der Waals surface area contributed by atoms with Gasteiger partial charge in [0.05, 0.1) is 12.3 Å². The second-order valence-electron chi connectivity index (χ2n) is 4.42. The number of thioether (sulfide) groups is 1. The average Bonchev–Trinajstić information content (AvgIpc) is 2.82. The molecule has 5 nitrogen and oxygen atoms in total. The van der Waals surface area contributed by atoms with E-state index in [9.17, 15) is 10.0 Å². The lowest BCUT2D eigenvalue weighted by molar-refractivity contribution is -0.645. The summed E-state index contributed by atoms with van der Waals surface area (Å²) in [5.74, 6) is 1.75. The zero-order valence-electron chi connectivity index (χ0n) is 11.4. The lowest BCUT2D eigenvalue weighted by Gasteiger charge is -2.15. The van der Waals surface area contributed by atoms with Crippen molar-refractivity contribution >= 4 is 17.7 Å². The summed E-state index contributed by atoms with van der Waals surface area (Å²) in [6.07, 6.45) is 1.42. The third-order valence-electron chi connectivity index (χ3n) is 2.75. The summed E-state index contributed by atoms with van der Waals surface area (Å²) in [5, 5.41) is 12.0. The summed E-state index contributed by atoms with van der Waals surface area (Å²) in [6, 6.07) is 8.85. The standard InChI is InChI=1S/C14H16N2O3S/c1-11-6-7-12(19-11)9-15(2)13(17)10-20-14-5-3-4-8-16(14)18/h3-8H,9-10H2,1-2H3. The minimum atomic E-state index is -0.0482. The van der Waals surface area contributed by atoms with Gasteiger partial charge in [0.1, 0.15) is 11.5 Å². The normalized spacial score (nSPS) is 10.5. The van der Waals surface area contributed by atoms with Crippen molar-refractivity contribution in [2.75, 3.05) is 12.8 Å². The summed E-state index contributed by atoms with van der Waals surface area (Å²) >= 11 is 1.23. The Labute approximate surface area is 121 Å². The van der Waals surface area contributed by atoms with Crippen LogP contribution in [0.5, 0.6) is 0 Å². The highest BCUT2D eigenvalue weighted by Crippen LogP contribution is 2.14. The highest BCUT2D eigenvalue weighted by atomic mass is 32.2. The van der Waals surface area contributed by atoms with Crippen LogP contribution in [0.15, 0.2) is 46.0 Å². The van der Waals surface area contributed by atoms with Gasteiger partial charge in [0.25, 0.3) is 5.03 Å². The number of aryl methyl sites for hydroxylation is 1. The van der Waals surface area contributed by atoms with Crippen LogP contribution in [0.25, 0.3) is 0 Å². The van der Waals surface area contributed by atoms with Gasteiger partial charge >= 0.3 is 0 Å². The van der Waals surface area contributed by atoms with E-state index < -0.39 is 0 Å². The lowest BCUT2D eigenvalue weighted by Crippen LogP contribution is -2.30. The first-order valence-corrected chi connectivity index (χ1v) is 7.15. The van der Waals surface area contributed by atoms with Gasteiger partial charge in [-0.2, -0.15) is 4.73 Å². The third kappa shape index (κ3) is 3.77. The molecule has 2 heterocycles. The van der Waals surface area contributed by atoms with Crippen molar-refractivity contribution < 1.29 is 13.9 Å². The van der Waals surface area contributed by atoms with Gasteiger partial charge in [0.15, 0.2) is 6.20 Å². The van der Waals surface area contributed by atoms with Crippen LogP contribution in [0.3, 0.4) is 0 Å². The molecule has 106 valence electrons. The molecule has 0 saturated heterocycles. The van der Waals surface area contributed by atoms with Crippen molar-refractivity contribution in [3.05, 3.63) is 53.3 Å². The number of carbonyl (C=O) groups is 1. The molecule has 2 aromatic rings. The second kappa shape index (κ2) is 6.47. The van der Waals surface area contributed by atoms with Gasteiger partial charge in [-0.3, -0.25) is 4.79 Å². The third-order valence-corrected chi connectivity index (χ3v) is 3.75.